The molecule has 0 saturated carbocycles. The van der Waals surface area contributed by atoms with Gasteiger partial charge in [0.05, 0.1) is 11.1 Å². The molecule has 0 aliphatic heterocycles. The average molecular weight is 422 g/mol. The lowest BCUT2D eigenvalue weighted by atomic mass is 10.2. The minimum atomic E-state index is -0.455. The number of hydrogen-bond acceptors (Lipinski definition) is 3. The molecule has 0 aromatic heterocycles. The van der Waals surface area contributed by atoms with Crippen LogP contribution in [0.4, 0.5) is 0 Å². The highest BCUT2D eigenvalue weighted by Crippen LogP contribution is 2.17. The van der Waals surface area contributed by atoms with Crippen molar-refractivity contribution < 1.29 is 14.3 Å². The number of hydrazine groups is 1. The van der Waals surface area contributed by atoms with Gasteiger partial charge in [0.15, 0.2) is 0 Å². The van der Waals surface area contributed by atoms with E-state index in [1.807, 2.05) is 12.1 Å². The van der Waals surface area contributed by atoms with Crippen molar-refractivity contribution in [2.75, 3.05) is 6.61 Å². The Balaban J connectivity index is 2.04. The molecular formula is C17H15IN2O3. The molecule has 2 aromatic rings. The van der Waals surface area contributed by atoms with Gasteiger partial charge in [-0.3, -0.25) is 20.4 Å². The number of benzene rings is 2. The largest absolute Gasteiger partial charge is 0.489 e. The van der Waals surface area contributed by atoms with Gasteiger partial charge in [-0.15, -0.1) is 0 Å². The minimum absolute atomic E-state index is 0.291. The molecule has 2 rings (SSSR count). The Labute approximate surface area is 147 Å². The predicted octanol–water partition coefficient (Wildman–Crippen LogP) is 2.93. The number of ether oxygens (including phenoxy) is 1. The van der Waals surface area contributed by atoms with Crippen LogP contribution in [0.15, 0.2) is 61.2 Å². The van der Waals surface area contributed by atoms with Crippen LogP contribution in [0.2, 0.25) is 0 Å². The summed E-state index contributed by atoms with van der Waals surface area (Å²) >= 11 is 2.06. The number of hydrogen-bond donors (Lipinski definition) is 2. The zero-order valence-electron chi connectivity index (χ0n) is 12.2. The third-order valence-corrected chi connectivity index (χ3v) is 3.84. The first-order chi connectivity index (χ1) is 11.1. The van der Waals surface area contributed by atoms with Crippen LogP contribution >= 0.6 is 22.6 Å². The van der Waals surface area contributed by atoms with E-state index >= 15 is 0 Å². The van der Waals surface area contributed by atoms with Gasteiger partial charge in [0.1, 0.15) is 12.4 Å². The van der Waals surface area contributed by atoms with Crippen molar-refractivity contribution in [3.8, 4) is 5.75 Å². The third-order valence-electron chi connectivity index (χ3n) is 2.90. The van der Waals surface area contributed by atoms with Crippen molar-refractivity contribution >= 4 is 34.4 Å². The quantitative estimate of drug-likeness (QED) is 0.443. The third kappa shape index (κ3) is 4.56. The number of nitrogens with one attached hydrogen (secondary N) is 2. The van der Waals surface area contributed by atoms with Crippen LogP contribution in [-0.4, -0.2) is 18.4 Å². The van der Waals surface area contributed by atoms with E-state index < -0.39 is 5.91 Å². The SMILES string of the molecule is C=CCOc1ccccc1C(=O)NNC(=O)c1ccccc1I. The number of amides is 2. The molecule has 0 heterocycles. The van der Waals surface area contributed by atoms with Gasteiger partial charge in [0.2, 0.25) is 0 Å². The van der Waals surface area contributed by atoms with E-state index in [0.29, 0.717) is 23.5 Å². The zero-order valence-corrected chi connectivity index (χ0v) is 14.4. The summed E-state index contributed by atoms with van der Waals surface area (Å²) in [4.78, 5) is 24.3. The lowest BCUT2D eigenvalue weighted by Gasteiger charge is -2.11. The summed E-state index contributed by atoms with van der Waals surface area (Å²) in [6.45, 7) is 3.86. The first kappa shape index (κ1) is 17.0. The van der Waals surface area contributed by atoms with Crippen LogP contribution in [0, 0.1) is 3.57 Å². The molecule has 6 heteroatoms. The molecule has 0 radical (unpaired) electrons. The Hall–Kier alpha value is -2.35. The maximum absolute atomic E-state index is 12.2. The van der Waals surface area contributed by atoms with Gasteiger partial charge in [-0.1, -0.05) is 36.9 Å². The van der Waals surface area contributed by atoms with E-state index in [9.17, 15) is 9.59 Å². The van der Waals surface area contributed by atoms with Gasteiger partial charge in [-0.2, -0.15) is 0 Å². The molecule has 2 amide bonds. The highest BCUT2D eigenvalue weighted by atomic mass is 127. The van der Waals surface area contributed by atoms with Crippen LogP contribution < -0.4 is 15.6 Å². The lowest BCUT2D eigenvalue weighted by molar-refractivity contribution is 0.0844. The summed E-state index contributed by atoms with van der Waals surface area (Å²) in [5.74, 6) is -0.412. The number of carbonyl (C=O) groups excluding carboxylic acids is 2. The normalized spacial score (nSPS) is 9.78. The molecule has 0 unspecified atom stereocenters. The van der Waals surface area contributed by atoms with Crippen LogP contribution in [0.25, 0.3) is 0 Å². The van der Waals surface area contributed by atoms with Gasteiger partial charge in [-0.25, -0.2) is 0 Å². The van der Waals surface area contributed by atoms with Crippen molar-refractivity contribution in [1.82, 2.24) is 10.9 Å². The smallest absolute Gasteiger partial charge is 0.273 e. The highest BCUT2D eigenvalue weighted by molar-refractivity contribution is 14.1. The van der Waals surface area contributed by atoms with Gasteiger partial charge in [0, 0.05) is 3.57 Å². The standard InChI is InChI=1S/C17H15IN2O3/c1-2-11-23-15-10-6-4-8-13(15)17(22)20-19-16(21)12-7-3-5-9-14(12)18/h2-10H,1,11H2,(H,19,21)(H,20,22). The minimum Gasteiger partial charge on any atom is -0.489 e. The maximum Gasteiger partial charge on any atom is 0.273 e. The van der Waals surface area contributed by atoms with Crippen LogP contribution in [0.5, 0.6) is 5.75 Å². The Bertz CT molecular complexity index is 731. The second-order valence-electron chi connectivity index (χ2n) is 4.48. The number of carbonyl (C=O) groups is 2. The molecule has 0 fully saturated rings. The average Bonchev–Trinajstić information content (AvgIpc) is 2.58. The zero-order chi connectivity index (χ0) is 16.7. The van der Waals surface area contributed by atoms with Gasteiger partial charge >= 0.3 is 0 Å². The predicted molar refractivity (Wildman–Crippen MR) is 96.2 cm³/mol. The van der Waals surface area contributed by atoms with E-state index in [-0.39, 0.29) is 5.91 Å². The Morgan fingerprint density at radius 3 is 2.22 bits per heavy atom. The molecule has 0 bridgehead atoms. The van der Waals surface area contributed by atoms with E-state index in [2.05, 4.69) is 40.0 Å². The topological polar surface area (TPSA) is 67.4 Å². The summed E-state index contributed by atoms with van der Waals surface area (Å²) in [6.07, 6.45) is 1.59. The van der Waals surface area contributed by atoms with Crippen molar-refractivity contribution in [3.63, 3.8) is 0 Å². The summed E-state index contributed by atoms with van der Waals surface area (Å²) in [5.41, 5.74) is 5.62. The summed E-state index contributed by atoms with van der Waals surface area (Å²) in [7, 11) is 0. The molecule has 2 N–H and O–H groups in total. The molecule has 118 valence electrons. The van der Waals surface area contributed by atoms with Gasteiger partial charge < -0.3 is 4.74 Å². The van der Waals surface area contributed by atoms with Crippen LogP contribution in [0.1, 0.15) is 20.7 Å². The molecule has 0 aliphatic rings. The van der Waals surface area contributed by atoms with Crippen molar-refractivity contribution in [1.29, 1.82) is 0 Å². The van der Waals surface area contributed by atoms with Crippen molar-refractivity contribution in [2.24, 2.45) is 0 Å². The molecule has 0 spiro atoms. The summed E-state index contributed by atoms with van der Waals surface area (Å²) in [5, 5.41) is 0. The lowest BCUT2D eigenvalue weighted by Crippen LogP contribution is -2.42. The second-order valence-corrected chi connectivity index (χ2v) is 5.65. The van der Waals surface area contributed by atoms with E-state index in [4.69, 9.17) is 4.74 Å². The molecule has 23 heavy (non-hydrogen) atoms. The molecule has 0 aliphatic carbocycles. The fourth-order valence-electron chi connectivity index (χ4n) is 1.82. The van der Waals surface area contributed by atoms with Crippen molar-refractivity contribution in [2.45, 2.75) is 0 Å². The van der Waals surface area contributed by atoms with E-state index in [0.717, 1.165) is 3.57 Å². The first-order valence-corrected chi connectivity index (χ1v) is 7.89. The first-order valence-electron chi connectivity index (χ1n) is 6.81. The van der Waals surface area contributed by atoms with Gasteiger partial charge in [0.25, 0.3) is 11.8 Å². The fraction of sp³-hybridized carbons (Fsp3) is 0.0588. The molecular weight excluding hydrogens is 407 g/mol. The number of halogens is 1. The van der Waals surface area contributed by atoms with E-state index in [1.165, 1.54) is 0 Å². The summed E-state index contributed by atoms with van der Waals surface area (Å²) < 4.78 is 6.22. The Morgan fingerprint density at radius 1 is 1.00 bits per heavy atom. The van der Waals surface area contributed by atoms with E-state index in [1.54, 1.807) is 42.5 Å². The molecule has 0 saturated heterocycles. The van der Waals surface area contributed by atoms with Gasteiger partial charge in [-0.05, 0) is 46.9 Å². The monoisotopic (exact) mass is 422 g/mol. The van der Waals surface area contributed by atoms with Crippen LogP contribution in [0.3, 0.4) is 0 Å². The fourth-order valence-corrected chi connectivity index (χ4v) is 2.45. The molecule has 5 nitrogen and oxygen atoms in total. The Kier molecular flexibility index (Phi) is 6.16. The molecule has 0 atom stereocenters. The number of para-hydroxylation sites is 1. The van der Waals surface area contributed by atoms with Crippen molar-refractivity contribution in [3.05, 3.63) is 75.9 Å². The Morgan fingerprint density at radius 2 is 1.57 bits per heavy atom. The highest BCUT2D eigenvalue weighted by Gasteiger charge is 2.14. The van der Waals surface area contributed by atoms with Crippen LogP contribution in [-0.2, 0) is 0 Å². The molecule has 2 aromatic carbocycles. The number of rotatable bonds is 5. The summed E-state index contributed by atoms with van der Waals surface area (Å²) in [6, 6.07) is 13.9. The second kappa shape index (κ2) is 8.33. The maximum atomic E-state index is 12.2.